The maximum Gasteiger partial charge on any atom is 0.325 e. The number of urea groups is 1. The Morgan fingerprint density at radius 3 is 2.60 bits per heavy atom. The molecule has 1 aliphatic rings. The van der Waals surface area contributed by atoms with E-state index in [0.717, 1.165) is 11.0 Å². The SMILES string of the molecule is Cc1cc(C2(C)NC(=O)N(Cc3ccc(C#N)cc3F)C2=O)c(C)o1. The molecule has 2 aromatic rings. The third-order valence-electron chi connectivity index (χ3n) is 4.37. The summed E-state index contributed by atoms with van der Waals surface area (Å²) >= 11 is 0. The lowest BCUT2D eigenvalue weighted by molar-refractivity contribution is -0.131. The number of nitrogens with zero attached hydrogens (tertiary/aromatic N) is 2. The third kappa shape index (κ3) is 2.66. The number of benzene rings is 1. The van der Waals surface area contributed by atoms with Crippen LogP contribution in [0, 0.1) is 31.0 Å². The first-order valence-corrected chi connectivity index (χ1v) is 7.66. The Hall–Kier alpha value is -3.14. The van der Waals surface area contributed by atoms with Crippen LogP contribution in [-0.2, 0) is 16.9 Å². The monoisotopic (exact) mass is 341 g/mol. The lowest BCUT2D eigenvalue weighted by Gasteiger charge is -2.21. The van der Waals surface area contributed by atoms with Crippen LogP contribution in [0.2, 0.25) is 0 Å². The Bertz CT molecular complexity index is 928. The number of halogens is 1. The highest BCUT2D eigenvalue weighted by Crippen LogP contribution is 2.33. The second-order valence-electron chi connectivity index (χ2n) is 6.19. The maximum absolute atomic E-state index is 14.1. The van der Waals surface area contributed by atoms with Gasteiger partial charge in [0.15, 0.2) is 0 Å². The van der Waals surface area contributed by atoms with Crippen LogP contribution in [0.15, 0.2) is 28.7 Å². The molecule has 7 heteroatoms. The molecule has 0 radical (unpaired) electrons. The van der Waals surface area contributed by atoms with Gasteiger partial charge in [0.2, 0.25) is 0 Å². The summed E-state index contributed by atoms with van der Waals surface area (Å²) < 4.78 is 19.6. The van der Waals surface area contributed by atoms with Crippen LogP contribution in [0.25, 0.3) is 0 Å². The van der Waals surface area contributed by atoms with Gasteiger partial charge in [0.1, 0.15) is 22.9 Å². The Balaban J connectivity index is 1.92. The van der Waals surface area contributed by atoms with E-state index < -0.39 is 23.3 Å². The van der Waals surface area contributed by atoms with Gasteiger partial charge < -0.3 is 9.73 Å². The number of carbonyl (C=O) groups is 2. The summed E-state index contributed by atoms with van der Waals surface area (Å²) in [5.41, 5.74) is -0.354. The summed E-state index contributed by atoms with van der Waals surface area (Å²) in [6.45, 7) is 4.86. The minimum atomic E-state index is -1.26. The molecule has 3 amide bonds. The highest BCUT2D eigenvalue weighted by atomic mass is 19.1. The molecular formula is C18H16FN3O3. The molecule has 1 aromatic carbocycles. The van der Waals surface area contributed by atoms with Gasteiger partial charge in [-0.2, -0.15) is 5.26 Å². The number of imide groups is 1. The normalized spacial score (nSPS) is 19.9. The second kappa shape index (κ2) is 5.74. The summed E-state index contributed by atoms with van der Waals surface area (Å²) in [4.78, 5) is 26.1. The standard InChI is InChI=1S/C18H16FN3O3/c1-10-6-14(11(2)25-10)18(3)16(23)22(17(24)21-18)9-13-5-4-12(8-20)7-15(13)19/h4-7H,9H2,1-3H3,(H,21,24). The fourth-order valence-electron chi connectivity index (χ4n) is 3.07. The Morgan fingerprint density at radius 1 is 1.32 bits per heavy atom. The van der Waals surface area contributed by atoms with Crippen LogP contribution in [0.4, 0.5) is 9.18 Å². The second-order valence-corrected chi connectivity index (χ2v) is 6.19. The number of rotatable bonds is 3. The number of nitrogens with one attached hydrogen (secondary N) is 1. The van der Waals surface area contributed by atoms with Crippen molar-refractivity contribution in [2.45, 2.75) is 32.9 Å². The number of amides is 3. The van der Waals surface area contributed by atoms with Gasteiger partial charge in [0.25, 0.3) is 5.91 Å². The Morgan fingerprint density at radius 2 is 2.04 bits per heavy atom. The van der Waals surface area contributed by atoms with E-state index in [0.29, 0.717) is 17.1 Å². The van der Waals surface area contributed by atoms with E-state index in [4.69, 9.17) is 9.68 Å². The minimum Gasteiger partial charge on any atom is -0.466 e. The number of nitriles is 1. The van der Waals surface area contributed by atoms with E-state index in [1.165, 1.54) is 12.1 Å². The number of aryl methyl sites for hydroxylation is 2. The molecule has 0 saturated carbocycles. The van der Waals surface area contributed by atoms with Crippen LogP contribution >= 0.6 is 0 Å². The quantitative estimate of drug-likeness (QED) is 0.870. The molecule has 1 aliphatic heterocycles. The minimum absolute atomic E-state index is 0.159. The first-order chi connectivity index (χ1) is 11.8. The number of hydrogen-bond acceptors (Lipinski definition) is 4. The largest absolute Gasteiger partial charge is 0.466 e. The summed E-state index contributed by atoms with van der Waals surface area (Å²) in [5.74, 6) is 0.0566. The van der Waals surface area contributed by atoms with Crippen molar-refractivity contribution >= 4 is 11.9 Å². The predicted octanol–water partition coefficient (Wildman–Crippen LogP) is 2.87. The lowest BCUT2D eigenvalue weighted by Crippen LogP contribution is -2.41. The summed E-state index contributed by atoms with van der Waals surface area (Å²) in [5, 5.41) is 11.5. The lowest BCUT2D eigenvalue weighted by atomic mass is 9.92. The molecule has 128 valence electrons. The van der Waals surface area contributed by atoms with Gasteiger partial charge in [-0.3, -0.25) is 9.69 Å². The van der Waals surface area contributed by atoms with Gasteiger partial charge in [-0.25, -0.2) is 9.18 Å². The van der Waals surface area contributed by atoms with E-state index >= 15 is 0 Å². The van der Waals surface area contributed by atoms with Gasteiger partial charge >= 0.3 is 6.03 Å². The van der Waals surface area contributed by atoms with Gasteiger partial charge in [0, 0.05) is 11.1 Å². The first kappa shape index (κ1) is 16.7. The van der Waals surface area contributed by atoms with Crippen LogP contribution in [-0.4, -0.2) is 16.8 Å². The fraction of sp³-hybridized carbons (Fsp3) is 0.278. The van der Waals surface area contributed by atoms with Crippen molar-refractivity contribution in [2.75, 3.05) is 0 Å². The Labute approximate surface area is 143 Å². The van der Waals surface area contributed by atoms with Crippen molar-refractivity contribution in [1.29, 1.82) is 5.26 Å². The third-order valence-corrected chi connectivity index (χ3v) is 4.37. The zero-order valence-electron chi connectivity index (χ0n) is 14.0. The van der Waals surface area contributed by atoms with Crippen molar-refractivity contribution < 1.29 is 18.4 Å². The van der Waals surface area contributed by atoms with Crippen LogP contribution in [0.5, 0.6) is 0 Å². The number of furan rings is 1. The molecule has 1 atom stereocenters. The molecule has 1 N–H and O–H groups in total. The zero-order chi connectivity index (χ0) is 18.4. The summed E-state index contributed by atoms with van der Waals surface area (Å²) in [7, 11) is 0. The molecule has 25 heavy (non-hydrogen) atoms. The van der Waals surface area contributed by atoms with E-state index in [1.54, 1.807) is 26.8 Å². The molecule has 6 nitrogen and oxygen atoms in total. The maximum atomic E-state index is 14.1. The van der Waals surface area contributed by atoms with Crippen molar-refractivity contribution in [1.82, 2.24) is 10.2 Å². The Kier molecular flexibility index (Phi) is 3.84. The molecule has 1 saturated heterocycles. The van der Waals surface area contributed by atoms with Crippen LogP contribution < -0.4 is 5.32 Å². The van der Waals surface area contributed by atoms with E-state index in [2.05, 4.69) is 5.32 Å². The topological polar surface area (TPSA) is 86.3 Å². The van der Waals surface area contributed by atoms with Crippen molar-refractivity contribution in [3.8, 4) is 6.07 Å². The molecule has 1 aromatic heterocycles. The van der Waals surface area contributed by atoms with E-state index in [1.807, 2.05) is 6.07 Å². The fourth-order valence-corrected chi connectivity index (χ4v) is 3.07. The first-order valence-electron chi connectivity index (χ1n) is 7.66. The molecular weight excluding hydrogens is 325 g/mol. The highest BCUT2D eigenvalue weighted by molar-refractivity contribution is 6.07. The average molecular weight is 341 g/mol. The summed E-state index contributed by atoms with van der Waals surface area (Å²) in [6, 6.07) is 6.87. The molecule has 1 unspecified atom stereocenters. The zero-order valence-corrected chi connectivity index (χ0v) is 14.0. The highest BCUT2D eigenvalue weighted by Gasteiger charge is 2.50. The van der Waals surface area contributed by atoms with E-state index in [-0.39, 0.29) is 17.7 Å². The van der Waals surface area contributed by atoms with Gasteiger partial charge in [-0.1, -0.05) is 6.07 Å². The van der Waals surface area contributed by atoms with Crippen molar-refractivity contribution in [2.24, 2.45) is 0 Å². The van der Waals surface area contributed by atoms with Crippen LogP contribution in [0.1, 0.15) is 35.1 Å². The predicted molar refractivity (Wildman–Crippen MR) is 85.7 cm³/mol. The smallest absolute Gasteiger partial charge is 0.325 e. The molecule has 2 heterocycles. The van der Waals surface area contributed by atoms with Crippen molar-refractivity contribution in [3.63, 3.8) is 0 Å². The average Bonchev–Trinajstić information content (AvgIpc) is 3.01. The van der Waals surface area contributed by atoms with Gasteiger partial charge in [0.05, 0.1) is 18.2 Å². The molecule has 0 spiro atoms. The van der Waals surface area contributed by atoms with Crippen LogP contribution in [0.3, 0.4) is 0 Å². The molecule has 1 fully saturated rings. The number of hydrogen-bond donors (Lipinski definition) is 1. The van der Waals surface area contributed by atoms with Crippen molar-refractivity contribution in [3.05, 3.63) is 58.3 Å². The van der Waals surface area contributed by atoms with Gasteiger partial charge in [-0.05, 0) is 39.0 Å². The number of carbonyl (C=O) groups excluding carboxylic acids is 2. The molecule has 3 rings (SSSR count). The van der Waals surface area contributed by atoms with Gasteiger partial charge in [-0.15, -0.1) is 0 Å². The molecule has 0 bridgehead atoms. The van der Waals surface area contributed by atoms with E-state index in [9.17, 15) is 14.0 Å². The summed E-state index contributed by atoms with van der Waals surface area (Å²) in [6.07, 6.45) is 0. The molecule has 0 aliphatic carbocycles.